The van der Waals surface area contributed by atoms with Crippen LogP contribution in [-0.2, 0) is 4.79 Å². The Hall–Kier alpha value is -2.21. The van der Waals surface area contributed by atoms with Crippen LogP contribution in [0.1, 0.15) is 37.1 Å². The van der Waals surface area contributed by atoms with Crippen LogP contribution in [0.15, 0.2) is 30.5 Å². The van der Waals surface area contributed by atoms with E-state index in [4.69, 9.17) is 5.73 Å². The highest BCUT2D eigenvalue weighted by Crippen LogP contribution is 2.20. The van der Waals surface area contributed by atoms with E-state index in [0.717, 1.165) is 16.9 Å². The monoisotopic (exact) mass is 304 g/mol. The zero-order valence-corrected chi connectivity index (χ0v) is 12.8. The van der Waals surface area contributed by atoms with Gasteiger partial charge in [-0.1, -0.05) is 0 Å². The van der Waals surface area contributed by atoms with Crippen LogP contribution in [0.25, 0.3) is 5.69 Å². The molecular weight excluding hydrogens is 283 g/mol. The van der Waals surface area contributed by atoms with Gasteiger partial charge in [0.25, 0.3) is 0 Å². The van der Waals surface area contributed by atoms with Gasteiger partial charge >= 0.3 is 0 Å². The fourth-order valence-electron chi connectivity index (χ4n) is 2.34. The van der Waals surface area contributed by atoms with E-state index in [9.17, 15) is 9.18 Å². The lowest BCUT2D eigenvalue weighted by atomic mass is 10.1. The number of halogens is 1. The molecule has 0 saturated carbocycles. The molecule has 1 aromatic carbocycles. The van der Waals surface area contributed by atoms with Gasteiger partial charge in [0.2, 0.25) is 5.91 Å². The van der Waals surface area contributed by atoms with Crippen molar-refractivity contribution in [3.8, 4) is 5.69 Å². The number of nitrogens with two attached hydrogens (primary N) is 1. The molecule has 1 amide bonds. The van der Waals surface area contributed by atoms with Gasteiger partial charge in [-0.05, 0) is 51.1 Å². The Labute approximate surface area is 129 Å². The molecule has 5 nitrogen and oxygen atoms in total. The summed E-state index contributed by atoms with van der Waals surface area (Å²) >= 11 is 0. The first-order valence-corrected chi connectivity index (χ1v) is 7.33. The Bertz CT molecular complexity index is 636. The summed E-state index contributed by atoms with van der Waals surface area (Å²) in [7, 11) is 0. The van der Waals surface area contributed by atoms with E-state index in [1.54, 1.807) is 23.0 Å². The highest BCUT2D eigenvalue weighted by atomic mass is 19.1. The molecule has 1 unspecified atom stereocenters. The van der Waals surface area contributed by atoms with Crippen LogP contribution in [0.2, 0.25) is 0 Å². The van der Waals surface area contributed by atoms with E-state index < -0.39 is 0 Å². The van der Waals surface area contributed by atoms with E-state index in [1.807, 2.05) is 13.8 Å². The third-order valence-electron chi connectivity index (χ3n) is 3.57. The summed E-state index contributed by atoms with van der Waals surface area (Å²) in [4.78, 5) is 11.8. The molecule has 0 aliphatic rings. The number of nitrogens with zero attached hydrogens (tertiary/aromatic N) is 2. The van der Waals surface area contributed by atoms with E-state index in [1.165, 1.54) is 12.1 Å². The third-order valence-corrected chi connectivity index (χ3v) is 3.57. The summed E-state index contributed by atoms with van der Waals surface area (Å²) in [6.45, 7) is 4.34. The van der Waals surface area contributed by atoms with Crippen LogP contribution in [0.5, 0.6) is 0 Å². The zero-order valence-electron chi connectivity index (χ0n) is 12.8. The predicted octanol–water partition coefficient (Wildman–Crippen LogP) is 2.24. The van der Waals surface area contributed by atoms with Gasteiger partial charge in [-0.25, -0.2) is 9.07 Å². The first kappa shape index (κ1) is 16.2. The molecule has 2 aromatic rings. The Morgan fingerprint density at radius 1 is 1.41 bits per heavy atom. The molecule has 1 heterocycles. The molecule has 6 heteroatoms. The van der Waals surface area contributed by atoms with Gasteiger partial charge in [0.1, 0.15) is 5.82 Å². The molecule has 2 rings (SSSR count). The first-order valence-electron chi connectivity index (χ1n) is 7.33. The summed E-state index contributed by atoms with van der Waals surface area (Å²) < 4.78 is 14.7. The standard InChI is InChI=1S/C16H21FN4O/c1-11(20-16(22)4-3-9-18)15-10-19-21(12(15)2)14-7-5-13(17)6-8-14/h5-8,10-11H,3-4,9,18H2,1-2H3,(H,20,22). The number of hydrogen-bond donors (Lipinski definition) is 2. The largest absolute Gasteiger partial charge is 0.349 e. The minimum Gasteiger partial charge on any atom is -0.349 e. The van der Waals surface area contributed by atoms with Gasteiger partial charge in [-0.15, -0.1) is 0 Å². The molecule has 0 bridgehead atoms. The molecule has 0 aliphatic carbocycles. The highest BCUT2D eigenvalue weighted by Gasteiger charge is 2.16. The minimum absolute atomic E-state index is 0.0214. The smallest absolute Gasteiger partial charge is 0.220 e. The first-order chi connectivity index (χ1) is 10.5. The van der Waals surface area contributed by atoms with Crippen LogP contribution in [0, 0.1) is 12.7 Å². The van der Waals surface area contributed by atoms with E-state index in [0.29, 0.717) is 19.4 Å². The maximum Gasteiger partial charge on any atom is 0.220 e. The van der Waals surface area contributed by atoms with Gasteiger partial charge in [0.15, 0.2) is 0 Å². The fraction of sp³-hybridized carbons (Fsp3) is 0.375. The van der Waals surface area contributed by atoms with Crippen molar-refractivity contribution in [1.29, 1.82) is 0 Å². The number of amides is 1. The summed E-state index contributed by atoms with van der Waals surface area (Å²) in [5.74, 6) is -0.304. The lowest BCUT2D eigenvalue weighted by Gasteiger charge is -2.14. The molecule has 22 heavy (non-hydrogen) atoms. The van der Waals surface area contributed by atoms with Crippen molar-refractivity contribution in [2.24, 2.45) is 5.73 Å². The molecular formula is C16H21FN4O. The molecule has 1 aromatic heterocycles. The van der Waals surface area contributed by atoms with Gasteiger partial charge in [-0.3, -0.25) is 4.79 Å². The maximum atomic E-state index is 13.0. The number of nitrogens with one attached hydrogen (secondary N) is 1. The lowest BCUT2D eigenvalue weighted by Crippen LogP contribution is -2.27. The van der Waals surface area contributed by atoms with Gasteiger partial charge < -0.3 is 11.1 Å². The molecule has 118 valence electrons. The molecule has 0 spiro atoms. The Balaban J connectivity index is 2.13. The van der Waals surface area contributed by atoms with Crippen molar-refractivity contribution < 1.29 is 9.18 Å². The average molecular weight is 304 g/mol. The van der Waals surface area contributed by atoms with Crippen molar-refractivity contribution in [2.75, 3.05) is 6.54 Å². The van der Waals surface area contributed by atoms with Gasteiger partial charge in [0, 0.05) is 17.7 Å². The van der Waals surface area contributed by atoms with Crippen molar-refractivity contribution >= 4 is 5.91 Å². The van der Waals surface area contributed by atoms with E-state index in [-0.39, 0.29) is 17.8 Å². The normalized spacial score (nSPS) is 12.2. The second kappa shape index (κ2) is 7.17. The zero-order chi connectivity index (χ0) is 16.1. The second-order valence-electron chi connectivity index (χ2n) is 5.25. The maximum absolute atomic E-state index is 13.0. The molecule has 0 radical (unpaired) electrons. The molecule has 0 fully saturated rings. The quantitative estimate of drug-likeness (QED) is 0.859. The van der Waals surface area contributed by atoms with E-state index in [2.05, 4.69) is 10.4 Å². The van der Waals surface area contributed by atoms with Gasteiger partial charge in [0.05, 0.1) is 17.9 Å². The van der Waals surface area contributed by atoms with Crippen molar-refractivity contribution in [3.63, 3.8) is 0 Å². The topological polar surface area (TPSA) is 72.9 Å². The van der Waals surface area contributed by atoms with Crippen LogP contribution in [0.3, 0.4) is 0 Å². The summed E-state index contributed by atoms with van der Waals surface area (Å²) in [6.07, 6.45) is 2.82. The summed E-state index contributed by atoms with van der Waals surface area (Å²) in [5, 5.41) is 7.27. The number of carbonyl (C=O) groups is 1. The molecule has 0 saturated heterocycles. The number of hydrogen-bond acceptors (Lipinski definition) is 3. The highest BCUT2D eigenvalue weighted by molar-refractivity contribution is 5.76. The Morgan fingerprint density at radius 2 is 2.09 bits per heavy atom. The van der Waals surface area contributed by atoms with E-state index >= 15 is 0 Å². The number of rotatable bonds is 6. The summed E-state index contributed by atoms with van der Waals surface area (Å²) in [6, 6.07) is 6.00. The Kier molecular flexibility index (Phi) is 5.27. The van der Waals surface area contributed by atoms with Crippen LogP contribution in [0.4, 0.5) is 4.39 Å². The predicted molar refractivity (Wildman–Crippen MR) is 83.1 cm³/mol. The number of aromatic nitrogens is 2. The third kappa shape index (κ3) is 3.71. The van der Waals surface area contributed by atoms with Crippen molar-refractivity contribution in [2.45, 2.75) is 32.7 Å². The van der Waals surface area contributed by atoms with Crippen LogP contribution >= 0.6 is 0 Å². The van der Waals surface area contributed by atoms with Crippen molar-refractivity contribution in [1.82, 2.24) is 15.1 Å². The molecule has 1 atom stereocenters. The molecule has 0 aliphatic heterocycles. The second-order valence-corrected chi connectivity index (χ2v) is 5.25. The van der Waals surface area contributed by atoms with Crippen LogP contribution < -0.4 is 11.1 Å². The number of carbonyl (C=O) groups excluding carboxylic acids is 1. The van der Waals surface area contributed by atoms with Crippen LogP contribution in [-0.4, -0.2) is 22.2 Å². The lowest BCUT2D eigenvalue weighted by molar-refractivity contribution is -0.121. The minimum atomic E-state index is -0.283. The Morgan fingerprint density at radius 3 is 2.73 bits per heavy atom. The summed E-state index contributed by atoms with van der Waals surface area (Å²) in [5.41, 5.74) is 8.04. The average Bonchev–Trinajstić information content (AvgIpc) is 2.88. The fourth-order valence-corrected chi connectivity index (χ4v) is 2.34. The van der Waals surface area contributed by atoms with Crippen molar-refractivity contribution in [3.05, 3.63) is 47.5 Å². The molecule has 3 N–H and O–H groups in total. The van der Waals surface area contributed by atoms with Gasteiger partial charge in [-0.2, -0.15) is 5.10 Å². The SMILES string of the molecule is Cc1c(C(C)NC(=O)CCCN)cnn1-c1ccc(F)cc1. The number of benzene rings is 1.